The van der Waals surface area contributed by atoms with Crippen molar-refractivity contribution in [2.75, 3.05) is 13.7 Å². The molecule has 0 saturated heterocycles. The topological polar surface area (TPSA) is 62.9 Å². The van der Waals surface area contributed by atoms with Gasteiger partial charge in [0.1, 0.15) is 5.54 Å². The second-order valence-electron chi connectivity index (χ2n) is 4.27. The van der Waals surface area contributed by atoms with E-state index in [9.17, 15) is 5.26 Å². The summed E-state index contributed by atoms with van der Waals surface area (Å²) in [5, 5.41) is 16.5. The Morgan fingerprint density at radius 3 is 2.89 bits per heavy atom. The summed E-state index contributed by atoms with van der Waals surface area (Å²) in [6.45, 7) is 5.44. The Hall–Kier alpha value is -1.54. The lowest BCUT2D eigenvalue weighted by molar-refractivity contribution is 0.339. The van der Waals surface area contributed by atoms with Gasteiger partial charge in [0, 0.05) is 6.54 Å². The highest BCUT2D eigenvalue weighted by molar-refractivity contribution is 5.11. The maximum Gasteiger partial charge on any atom is 0.157 e. The molecule has 0 radical (unpaired) electrons. The zero-order valence-corrected chi connectivity index (χ0v) is 11.4. The number of nitrogens with zero attached hydrogens (tertiary/aromatic N) is 3. The van der Waals surface area contributed by atoms with Crippen molar-refractivity contribution in [2.24, 2.45) is 0 Å². The highest BCUT2D eigenvalue weighted by Crippen LogP contribution is 2.17. The first kappa shape index (κ1) is 14.5. The molecule has 0 aliphatic rings. The van der Waals surface area contributed by atoms with E-state index in [2.05, 4.69) is 16.5 Å². The van der Waals surface area contributed by atoms with Crippen LogP contribution in [0, 0.1) is 11.3 Å². The van der Waals surface area contributed by atoms with Crippen LogP contribution in [0.1, 0.15) is 33.1 Å². The number of hydrogen-bond donors (Lipinski definition) is 1. The van der Waals surface area contributed by atoms with E-state index in [0.717, 1.165) is 31.6 Å². The smallest absolute Gasteiger partial charge is 0.157 e. The van der Waals surface area contributed by atoms with Gasteiger partial charge in [-0.05, 0) is 33.2 Å². The van der Waals surface area contributed by atoms with Crippen LogP contribution in [0.15, 0.2) is 12.4 Å². The van der Waals surface area contributed by atoms with E-state index in [1.54, 1.807) is 6.20 Å². The molecule has 0 saturated carbocycles. The summed E-state index contributed by atoms with van der Waals surface area (Å²) in [6, 6.07) is 2.36. The van der Waals surface area contributed by atoms with E-state index in [1.165, 1.54) is 0 Å². The minimum absolute atomic E-state index is 0.407. The van der Waals surface area contributed by atoms with Crippen molar-refractivity contribution in [1.29, 1.82) is 5.26 Å². The Morgan fingerprint density at radius 2 is 2.33 bits per heavy atom. The largest absolute Gasteiger partial charge is 0.491 e. The molecule has 5 nitrogen and oxygen atoms in total. The van der Waals surface area contributed by atoms with Gasteiger partial charge in [0.15, 0.2) is 5.75 Å². The first-order valence-electron chi connectivity index (χ1n) is 6.45. The molecular weight excluding hydrogens is 228 g/mol. The van der Waals surface area contributed by atoms with Crippen LogP contribution < -0.4 is 10.1 Å². The number of aryl methyl sites for hydroxylation is 1. The third-order valence-corrected chi connectivity index (χ3v) is 3.21. The van der Waals surface area contributed by atoms with Gasteiger partial charge in [-0.2, -0.15) is 10.4 Å². The number of rotatable bonds is 8. The summed E-state index contributed by atoms with van der Waals surface area (Å²) >= 11 is 0. The van der Waals surface area contributed by atoms with Crippen molar-refractivity contribution in [3.63, 3.8) is 0 Å². The lowest BCUT2D eigenvalue weighted by Gasteiger charge is -2.24. The Bertz CT molecular complexity index is 390. The number of aromatic nitrogens is 2. The summed E-state index contributed by atoms with van der Waals surface area (Å²) in [4.78, 5) is 0. The monoisotopic (exact) mass is 250 g/mol. The minimum atomic E-state index is -0.407. The fourth-order valence-corrected chi connectivity index (χ4v) is 1.92. The number of nitriles is 1. The number of nitrogens with one attached hydrogen (secondary N) is 1. The predicted molar refractivity (Wildman–Crippen MR) is 70.3 cm³/mol. The first-order valence-corrected chi connectivity index (χ1v) is 6.45. The molecule has 1 unspecified atom stereocenters. The Morgan fingerprint density at radius 1 is 1.56 bits per heavy atom. The van der Waals surface area contributed by atoms with Gasteiger partial charge in [0.25, 0.3) is 0 Å². The third kappa shape index (κ3) is 3.74. The maximum absolute atomic E-state index is 9.19. The summed E-state index contributed by atoms with van der Waals surface area (Å²) in [6.07, 6.45) is 6.15. The number of hydrogen-bond acceptors (Lipinski definition) is 4. The van der Waals surface area contributed by atoms with Crippen LogP contribution in [0.4, 0.5) is 0 Å². The van der Waals surface area contributed by atoms with Gasteiger partial charge in [-0.25, -0.2) is 0 Å². The normalized spacial score (nSPS) is 13.9. The van der Waals surface area contributed by atoms with Crippen LogP contribution in [0.5, 0.6) is 5.75 Å². The van der Waals surface area contributed by atoms with Crippen LogP contribution in [-0.4, -0.2) is 29.0 Å². The average Bonchev–Trinajstić information content (AvgIpc) is 2.84. The lowest BCUT2D eigenvalue weighted by atomic mass is 9.92. The number of ether oxygens (including phenoxy) is 1. The molecule has 5 heteroatoms. The Kier molecular flexibility index (Phi) is 5.66. The van der Waals surface area contributed by atoms with Gasteiger partial charge in [-0.1, -0.05) is 6.92 Å². The van der Waals surface area contributed by atoms with Gasteiger partial charge < -0.3 is 10.1 Å². The minimum Gasteiger partial charge on any atom is -0.491 e. The predicted octanol–water partition coefficient (Wildman–Crippen LogP) is 1.95. The highest BCUT2D eigenvalue weighted by Gasteiger charge is 2.24. The fourth-order valence-electron chi connectivity index (χ4n) is 1.92. The van der Waals surface area contributed by atoms with Crippen molar-refractivity contribution in [1.82, 2.24) is 15.1 Å². The van der Waals surface area contributed by atoms with E-state index in [4.69, 9.17) is 4.74 Å². The van der Waals surface area contributed by atoms with Crippen LogP contribution in [0.25, 0.3) is 0 Å². The SMILES string of the molecule is CCOc1cnn(CCCC(C#N)(CC)NC)c1. The molecule has 0 spiro atoms. The van der Waals surface area contributed by atoms with E-state index < -0.39 is 5.54 Å². The fraction of sp³-hybridized carbons (Fsp3) is 0.692. The highest BCUT2D eigenvalue weighted by atomic mass is 16.5. The van der Waals surface area contributed by atoms with E-state index >= 15 is 0 Å². The molecule has 0 fully saturated rings. The van der Waals surface area contributed by atoms with Gasteiger partial charge in [-0.3, -0.25) is 4.68 Å². The zero-order chi connectivity index (χ0) is 13.4. The lowest BCUT2D eigenvalue weighted by Crippen LogP contribution is -2.40. The quantitative estimate of drug-likeness (QED) is 0.766. The Labute approximate surface area is 109 Å². The maximum atomic E-state index is 9.19. The molecule has 1 aromatic rings. The van der Waals surface area contributed by atoms with Crippen LogP contribution in [-0.2, 0) is 6.54 Å². The summed E-state index contributed by atoms with van der Waals surface area (Å²) in [7, 11) is 1.84. The van der Waals surface area contributed by atoms with Crippen LogP contribution in [0.2, 0.25) is 0 Å². The molecule has 0 amide bonds. The summed E-state index contributed by atoms with van der Waals surface area (Å²) in [5.41, 5.74) is -0.407. The first-order chi connectivity index (χ1) is 8.69. The van der Waals surface area contributed by atoms with E-state index in [0.29, 0.717) is 6.61 Å². The molecule has 0 aliphatic heterocycles. The molecule has 1 atom stereocenters. The summed E-state index contributed by atoms with van der Waals surface area (Å²) < 4.78 is 7.21. The molecule has 1 N–H and O–H groups in total. The van der Waals surface area contributed by atoms with E-state index in [1.807, 2.05) is 31.8 Å². The Balaban J connectivity index is 2.43. The van der Waals surface area contributed by atoms with Gasteiger partial charge >= 0.3 is 0 Å². The molecule has 0 aromatic carbocycles. The molecule has 18 heavy (non-hydrogen) atoms. The van der Waals surface area contributed by atoms with Crippen molar-refractivity contribution in [3.8, 4) is 11.8 Å². The van der Waals surface area contributed by atoms with Crippen LogP contribution >= 0.6 is 0 Å². The third-order valence-electron chi connectivity index (χ3n) is 3.21. The van der Waals surface area contributed by atoms with Gasteiger partial charge in [0.05, 0.1) is 25.1 Å². The molecule has 0 aliphatic carbocycles. The molecule has 1 rings (SSSR count). The molecular formula is C13H22N4O. The molecule has 100 valence electrons. The molecule has 0 bridgehead atoms. The van der Waals surface area contributed by atoms with Crippen LogP contribution in [0.3, 0.4) is 0 Å². The van der Waals surface area contributed by atoms with Crippen molar-refractivity contribution >= 4 is 0 Å². The standard InChI is InChI=1S/C13H22N4O/c1-4-13(11-14,15-3)7-6-8-17-10-12(9-16-17)18-5-2/h9-10,15H,4-8H2,1-3H3. The second-order valence-corrected chi connectivity index (χ2v) is 4.27. The van der Waals surface area contributed by atoms with Crippen molar-refractivity contribution in [2.45, 2.75) is 45.2 Å². The van der Waals surface area contributed by atoms with Gasteiger partial charge in [0.2, 0.25) is 0 Å². The molecule has 1 aromatic heterocycles. The summed E-state index contributed by atoms with van der Waals surface area (Å²) in [5.74, 6) is 0.799. The van der Waals surface area contributed by atoms with E-state index in [-0.39, 0.29) is 0 Å². The van der Waals surface area contributed by atoms with Crippen molar-refractivity contribution < 1.29 is 4.74 Å². The second kappa shape index (κ2) is 7.02. The van der Waals surface area contributed by atoms with Crippen molar-refractivity contribution in [3.05, 3.63) is 12.4 Å². The zero-order valence-electron chi connectivity index (χ0n) is 11.4. The van der Waals surface area contributed by atoms with Gasteiger partial charge in [-0.15, -0.1) is 0 Å². The molecule has 1 heterocycles. The average molecular weight is 250 g/mol.